The fourth-order valence-corrected chi connectivity index (χ4v) is 4.67. The number of hydrogen-bond donors (Lipinski definition) is 1. The van der Waals surface area contributed by atoms with E-state index in [-0.39, 0.29) is 11.8 Å². The molecule has 30 heavy (non-hydrogen) atoms. The summed E-state index contributed by atoms with van der Waals surface area (Å²) in [6, 6.07) is 11.8. The Hall–Kier alpha value is -3.33. The van der Waals surface area contributed by atoms with Gasteiger partial charge in [-0.25, -0.2) is 9.67 Å². The van der Waals surface area contributed by atoms with Gasteiger partial charge in [-0.2, -0.15) is 5.10 Å². The van der Waals surface area contributed by atoms with Gasteiger partial charge in [0.15, 0.2) is 16.8 Å². The zero-order chi connectivity index (χ0) is 20.5. The third-order valence-corrected chi connectivity index (χ3v) is 6.20. The van der Waals surface area contributed by atoms with E-state index < -0.39 is 0 Å². The topological polar surface area (TPSA) is 88.8 Å². The highest BCUT2D eigenvalue weighted by Crippen LogP contribution is 2.28. The molecule has 0 bridgehead atoms. The van der Waals surface area contributed by atoms with Gasteiger partial charge >= 0.3 is 0 Å². The number of hydrogen-bond acceptors (Lipinski definition) is 7. The van der Waals surface area contributed by atoms with E-state index in [0.717, 1.165) is 35.4 Å². The first-order valence-corrected chi connectivity index (χ1v) is 10.7. The Kier molecular flexibility index (Phi) is 4.88. The van der Waals surface area contributed by atoms with Crippen molar-refractivity contribution < 1.29 is 4.79 Å². The van der Waals surface area contributed by atoms with Gasteiger partial charge in [0, 0.05) is 25.5 Å². The number of rotatable bonds is 4. The Morgan fingerprint density at radius 2 is 2.07 bits per heavy atom. The standard InChI is InChI=1S/C21H21N7OS/c1-14-5-6-16-17(12-14)30-21(23-16)24-20(29)15-4-2-10-27(13-15)18-7-8-19(26-25-18)28-11-3-9-22-28/h3,5-9,11-12,15H,2,4,10,13H2,1H3,(H,23,24,29). The van der Waals surface area contributed by atoms with Crippen LogP contribution in [0.2, 0.25) is 0 Å². The molecule has 0 radical (unpaired) electrons. The zero-order valence-electron chi connectivity index (χ0n) is 16.5. The summed E-state index contributed by atoms with van der Waals surface area (Å²) in [5.41, 5.74) is 2.10. The van der Waals surface area contributed by atoms with E-state index in [4.69, 9.17) is 0 Å². The van der Waals surface area contributed by atoms with Gasteiger partial charge in [0.1, 0.15) is 0 Å². The summed E-state index contributed by atoms with van der Waals surface area (Å²) in [6.07, 6.45) is 5.31. The first-order valence-electron chi connectivity index (χ1n) is 9.92. The maximum Gasteiger partial charge on any atom is 0.231 e. The van der Waals surface area contributed by atoms with Crippen LogP contribution < -0.4 is 10.2 Å². The SMILES string of the molecule is Cc1ccc2nc(NC(=O)C3CCCN(c4ccc(-n5cccn5)nn4)C3)sc2c1. The zero-order valence-corrected chi connectivity index (χ0v) is 17.3. The maximum absolute atomic E-state index is 12.9. The molecule has 8 nitrogen and oxygen atoms in total. The number of piperidine rings is 1. The predicted octanol–water partition coefficient (Wildman–Crippen LogP) is 3.44. The van der Waals surface area contributed by atoms with Gasteiger partial charge in [0.25, 0.3) is 0 Å². The summed E-state index contributed by atoms with van der Waals surface area (Å²) in [4.78, 5) is 19.5. The normalized spacial score (nSPS) is 16.7. The number of nitrogens with zero attached hydrogens (tertiary/aromatic N) is 6. The summed E-state index contributed by atoms with van der Waals surface area (Å²) < 4.78 is 2.76. The lowest BCUT2D eigenvalue weighted by molar-refractivity contribution is -0.120. The van der Waals surface area contributed by atoms with Crippen LogP contribution >= 0.6 is 11.3 Å². The Morgan fingerprint density at radius 1 is 1.20 bits per heavy atom. The molecule has 4 aromatic rings. The van der Waals surface area contributed by atoms with E-state index in [2.05, 4.69) is 43.5 Å². The molecular weight excluding hydrogens is 398 g/mol. The number of nitrogens with one attached hydrogen (secondary N) is 1. The lowest BCUT2D eigenvalue weighted by Crippen LogP contribution is -2.41. The van der Waals surface area contributed by atoms with Crippen LogP contribution in [0.3, 0.4) is 0 Å². The highest BCUT2D eigenvalue weighted by Gasteiger charge is 2.27. The van der Waals surface area contributed by atoms with Crippen molar-refractivity contribution in [3.8, 4) is 5.82 Å². The maximum atomic E-state index is 12.9. The Bertz CT molecular complexity index is 1170. The molecular formula is C21H21N7OS. The third-order valence-electron chi connectivity index (χ3n) is 5.27. The van der Waals surface area contributed by atoms with E-state index in [1.807, 2.05) is 36.5 Å². The van der Waals surface area contributed by atoms with Gasteiger partial charge in [-0.3, -0.25) is 4.79 Å². The highest BCUT2D eigenvalue weighted by atomic mass is 32.1. The van der Waals surface area contributed by atoms with Crippen molar-refractivity contribution in [2.24, 2.45) is 5.92 Å². The molecule has 1 fully saturated rings. The first kappa shape index (κ1) is 18.7. The van der Waals surface area contributed by atoms with E-state index in [0.29, 0.717) is 17.5 Å². The number of carbonyl (C=O) groups is 1. The monoisotopic (exact) mass is 419 g/mol. The van der Waals surface area contributed by atoms with Crippen molar-refractivity contribution in [3.63, 3.8) is 0 Å². The van der Waals surface area contributed by atoms with Crippen molar-refractivity contribution in [1.29, 1.82) is 0 Å². The molecule has 1 aliphatic heterocycles. The molecule has 1 aliphatic rings. The third kappa shape index (κ3) is 3.76. The molecule has 0 saturated carbocycles. The van der Waals surface area contributed by atoms with Crippen LogP contribution in [0.25, 0.3) is 16.0 Å². The molecule has 1 saturated heterocycles. The average Bonchev–Trinajstić information content (AvgIpc) is 3.43. The summed E-state index contributed by atoms with van der Waals surface area (Å²) in [7, 11) is 0. The van der Waals surface area contributed by atoms with Gasteiger partial charge < -0.3 is 10.2 Å². The van der Waals surface area contributed by atoms with Crippen LogP contribution in [0, 0.1) is 12.8 Å². The van der Waals surface area contributed by atoms with Crippen LogP contribution in [0.5, 0.6) is 0 Å². The van der Waals surface area contributed by atoms with E-state index >= 15 is 0 Å². The highest BCUT2D eigenvalue weighted by molar-refractivity contribution is 7.22. The van der Waals surface area contributed by atoms with Gasteiger partial charge in [0.2, 0.25) is 5.91 Å². The fourth-order valence-electron chi connectivity index (χ4n) is 3.71. The van der Waals surface area contributed by atoms with Gasteiger partial charge in [-0.1, -0.05) is 17.4 Å². The summed E-state index contributed by atoms with van der Waals surface area (Å²) in [5, 5.41) is 16.4. The largest absolute Gasteiger partial charge is 0.354 e. The lowest BCUT2D eigenvalue weighted by Gasteiger charge is -2.32. The smallest absolute Gasteiger partial charge is 0.231 e. The molecule has 1 atom stereocenters. The number of thiazole rings is 1. The molecule has 1 N–H and O–H groups in total. The number of aromatic nitrogens is 5. The van der Waals surface area contributed by atoms with Crippen LogP contribution in [0.1, 0.15) is 18.4 Å². The van der Waals surface area contributed by atoms with E-state index in [9.17, 15) is 4.79 Å². The number of benzene rings is 1. The minimum Gasteiger partial charge on any atom is -0.354 e. The molecule has 0 aliphatic carbocycles. The first-order chi connectivity index (χ1) is 14.7. The molecule has 152 valence electrons. The van der Waals surface area contributed by atoms with Crippen molar-refractivity contribution in [2.75, 3.05) is 23.3 Å². The van der Waals surface area contributed by atoms with E-state index in [1.54, 1.807) is 10.9 Å². The van der Waals surface area contributed by atoms with Crippen LogP contribution in [-0.4, -0.2) is 44.0 Å². The summed E-state index contributed by atoms with van der Waals surface area (Å²) in [6.45, 7) is 3.53. The summed E-state index contributed by atoms with van der Waals surface area (Å²) in [5.74, 6) is 1.34. The molecule has 1 aromatic carbocycles. The Morgan fingerprint density at radius 3 is 2.87 bits per heavy atom. The van der Waals surface area contributed by atoms with Crippen LogP contribution in [-0.2, 0) is 4.79 Å². The molecule has 1 amide bonds. The molecule has 4 heterocycles. The van der Waals surface area contributed by atoms with Crippen molar-refractivity contribution in [2.45, 2.75) is 19.8 Å². The number of amides is 1. The molecule has 0 spiro atoms. The second-order valence-corrected chi connectivity index (χ2v) is 8.50. The second kappa shape index (κ2) is 7.83. The quantitative estimate of drug-likeness (QED) is 0.545. The van der Waals surface area contributed by atoms with Gasteiger partial charge in [-0.05, 0) is 55.7 Å². The predicted molar refractivity (Wildman–Crippen MR) is 117 cm³/mol. The Labute approximate surface area is 177 Å². The minimum absolute atomic E-state index is 0.0107. The molecule has 9 heteroatoms. The lowest BCUT2D eigenvalue weighted by atomic mass is 9.97. The fraction of sp³-hybridized carbons (Fsp3) is 0.286. The number of fused-ring (bicyclic) bond motifs is 1. The van der Waals surface area contributed by atoms with E-state index in [1.165, 1.54) is 16.9 Å². The van der Waals surface area contributed by atoms with Crippen molar-refractivity contribution in [3.05, 3.63) is 54.4 Å². The van der Waals surface area contributed by atoms with Gasteiger partial charge in [0.05, 0.1) is 16.1 Å². The minimum atomic E-state index is -0.111. The molecule has 3 aromatic heterocycles. The van der Waals surface area contributed by atoms with Crippen LogP contribution in [0.15, 0.2) is 48.8 Å². The number of aryl methyl sites for hydroxylation is 1. The van der Waals surface area contributed by atoms with Crippen molar-refractivity contribution in [1.82, 2.24) is 25.0 Å². The molecule has 1 unspecified atom stereocenters. The second-order valence-electron chi connectivity index (χ2n) is 7.46. The average molecular weight is 420 g/mol. The van der Waals surface area contributed by atoms with Gasteiger partial charge in [-0.15, -0.1) is 10.2 Å². The number of anilines is 2. The van der Waals surface area contributed by atoms with Crippen LogP contribution in [0.4, 0.5) is 10.9 Å². The number of carbonyl (C=O) groups excluding carboxylic acids is 1. The molecule has 5 rings (SSSR count). The Balaban J connectivity index is 1.26. The summed E-state index contributed by atoms with van der Waals surface area (Å²) >= 11 is 1.51. The van der Waals surface area contributed by atoms with Crippen molar-refractivity contribution >= 4 is 38.4 Å².